The number of aryl methyl sites for hydroxylation is 1. The van der Waals surface area contributed by atoms with Gasteiger partial charge in [0, 0.05) is 16.1 Å². The second-order valence-electron chi connectivity index (χ2n) is 9.00. The molecule has 0 saturated carbocycles. The van der Waals surface area contributed by atoms with Gasteiger partial charge < -0.3 is 4.74 Å². The van der Waals surface area contributed by atoms with E-state index in [0.717, 1.165) is 10.5 Å². The van der Waals surface area contributed by atoms with Crippen molar-refractivity contribution in [1.29, 1.82) is 0 Å². The smallest absolute Gasteiger partial charge is 0.241 e. The summed E-state index contributed by atoms with van der Waals surface area (Å²) in [7, 11) is 0. The van der Waals surface area contributed by atoms with Gasteiger partial charge in [0.15, 0.2) is 0 Å². The van der Waals surface area contributed by atoms with Crippen LogP contribution in [0.1, 0.15) is 37.9 Å². The average Bonchev–Trinajstić information content (AvgIpc) is 3.41. The Morgan fingerprint density at radius 1 is 0.829 bits per heavy atom. The van der Waals surface area contributed by atoms with Crippen molar-refractivity contribution in [1.82, 2.24) is 0 Å². The molecule has 0 unspecified atom stereocenters. The summed E-state index contributed by atoms with van der Waals surface area (Å²) in [6.07, 6.45) is -0.984. The minimum absolute atomic E-state index is 0.108. The largest absolute Gasteiger partial charge is 0.349 e. The molecule has 3 aromatic carbocycles. The second kappa shape index (κ2) is 7.59. The van der Waals surface area contributed by atoms with Gasteiger partial charge in [0.25, 0.3) is 0 Å². The van der Waals surface area contributed by atoms with E-state index in [9.17, 15) is 19.2 Å². The average molecular weight is 506 g/mol. The van der Waals surface area contributed by atoms with Gasteiger partial charge in [-0.2, -0.15) is 0 Å². The first-order valence-corrected chi connectivity index (χ1v) is 11.8. The number of fused-ring (bicyclic) bond motifs is 3. The Morgan fingerprint density at radius 2 is 1.46 bits per heavy atom. The van der Waals surface area contributed by atoms with Crippen LogP contribution in [-0.2, 0) is 14.3 Å². The molecule has 6 rings (SSSR count). The third-order valence-electron chi connectivity index (χ3n) is 7.07. The van der Waals surface area contributed by atoms with Gasteiger partial charge in [0.05, 0.1) is 28.6 Å². The molecule has 2 amide bonds. The molecule has 0 radical (unpaired) electrons. The summed E-state index contributed by atoms with van der Waals surface area (Å²) in [5.74, 6) is -4.96. The number of carbonyl (C=O) groups excluding carboxylic acids is 4. The van der Waals surface area contributed by atoms with Gasteiger partial charge in [0.1, 0.15) is 0 Å². The first-order valence-electron chi connectivity index (χ1n) is 11.0. The Balaban J connectivity index is 1.56. The van der Waals surface area contributed by atoms with Crippen LogP contribution in [0.15, 0.2) is 66.7 Å². The summed E-state index contributed by atoms with van der Waals surface area (Å²) < 4.78 is 6.26. The third-order valence-corrected chi connectivity index (χ3v) is 7.63. The number of nitrogens with zero attached hydrogens (tertiary/aromatic N) is 1. The molecule has 8 heteroatoms. The summed E-state index contributed by atoms with van der Waals surface area (Å²) in [6, 6.07) is 18.1. The summed E-state index contributed by atoms with van der Waals surface area (Å²) in [4.78, 5) is 56.2. The highest BCUT2D eigenvalue weighted by Crippen LogP contribution is 2.58. The van der Waals surface area contributed by atoms with Crippen LogP contribution < -0.4 is 4.90 Å². The molecule has 1 spiro atoms. The van der Waals surface area contributed by atoms with Crippen molar-refractivity contribution in [2.45, 2.75) is 18.6 Å². The van der Waals surface area contributed by atoms with Crippen molar-refractivity contribution in [3.8, 4) is 0 Å². The summed E-state index contributed by atoms with van der Waals surface area (Å²) >= 11 is 12.5. The van der Waals surface area contributed by atoms with Crippen molar-refractivity contribution in [3.63, 3.8) is 0 Å². The molecule has 0 N–H and O–H groups in total. The minimum Gasteiger partial charge on any atom is -0.349 e. The molecule has 2 heterocycles. The summed E-state index contributed by atoms with van der Waals surface area (Å²) in [6.45, 7) is 1.91. The highest BCUT2D eigenvalue weighted by Gasteiger charge is 2.74. The molecule has 6 nitrogen and oxygen atoms in total. The van der Waals surface area contributed by atoms with Crippen LogP contribution in [0.25, 0.3) is 0 Å². The van der Waals surface area contributed by atoms with Crippen LogP contribution in [0.3, 0.4) is 0 Å². The summed E-state index contributed by atoms with van der Waals surface area (Å²) in [5.41, 5.74) is -0.0765. The third kappa shape index (κ3) is 2.88. The van der Waals surface area contributed by atoms with Gasteiger partial charge in [-0.05, 0) is 30.7 Å². The van der Waals surface area contributed by atoms with E-state index in [2.05, 4.69) is 0 Å². The highest BCUT2D eigenvalue weighted by molar-refractivity contribution is 6.40. The number of carbonyl (C=O) groups is 4. The van der Waals surface area contributed by atoms with Crippen LogP contribution in [0.4, 0.5) is 5.69 Å². The molecular formula is C27H17Cl2NO5. The maximum atomic E-state index is 13.9. The quantitative estimate of drug-likeness (QED) is 0.361. The van der Waals surface area contributed by atoms with E-state index in [-0.39, 0.29) is 26.9 Å². The fourth-order valence-electron chi connectivity index (χ4n) is 5.47. The van der Waals surface area contributed by atoms with E-state index >= 15 is 0 Å². The van der Waals surface area contributed by atoms with Crippen molar-refractivity contribution in [2.75, 3.05) is 4.90 Å². The van der Waals surface area contributed by atoms with Gasteiger partial charge in [-0.1, -0.05) is 77.3 Å². The lowest BCUT2D eigenvalue weighted by Gasteiger charge is -2.27. The molecular weight excluding hydrogens is 489 g/mol. The van der Waals surface area contributed by atoms with Crippen molar-refractivity contribution in [2.24, 2.45) is 11.8 Å². The van der Waals surface area contributed by atoms with Crippen LogP contribution in [0.5, 0.6) is 0 Å². The van der Waals surface area contributed by atoms with Crippen molar-refractivity contribution in [3.05, 3.63) is 99.0 Å². The zero-order valence-corrected chi connectivity index (χ0v) is 19.8. The van der Waals surface area contributed by atoms with Crippen LogP contribution in [-0.4, -0.2) is 29.0 Å². The molecule has 3 atom stereocenters. The predicted octanol–water partition coefficient (Wildman–Crippen LogP) is 5.00. The molecule has 1 aliphatic carbocycles. The second-order valence-corrected chi connectivity index (χ2v) is 9.84. The fourth-order valence-corrected chi connectivity index (χ4v) is 5.84. The number of hydrogen-bond donors (Lipinski definition) is 0. The number of hydrogen-bond acceptors (Lipinski definition) is 5. The van der Waals surface area contributed by atoms with Crippen molar-refractivity contribution >= 4 is 52.3 Å². The lowest BCUT2D eigenvalue weighted by atomic mass is 9.77. The zero-order chi connectivity index (χ0) is 24.6. The normalized spacial score (nSPS) is 24.4. The lowest BCUT2D eigenvalue weighted by Crippen LogP contribution is -2.51. The topological polar surface area (TPSA) is 80.8 Å². The number of amides is 2. The number of halogens is 2. The van der Waals surface area contributed by atoms with Gasteiger partial charge in [-0.3, -0.25) is 19.2 Å². The van der Waals surface area contributed by atoms with Gasteiger partial charge in [-0.15, -0.1) is 0 Å². The van der Waals surface area contributed by atoms with Crippen LogP contribution in [0.2, 0.25) is 10.0 Å². The zero-order valence-electron chi connectivity index (χ0n) is 18.3. The first kappa shape index (κ1) is 22.2. The maximum absolute atomic E-state index is 13.9. The minimum atomic E-state index is -2.13. The molecule has 35 heavy (non-hydrogen) atoms. The molecule has 3 aromatic rings. The highest BCUT2D eigenvalue weighted by atomic mass is 35.5. The Bertz CT molecular complexity index is 1430. The maximum Gasteiger partial charge on any atom is 0.241 e. The van der Waals surface area contributed by atoms with Gasteiger partial charge >= 0.3 is 0 Å². The van der Waals surface area contributed by atoms with Gasteiger partial charge in [0.2, 0.25) is 29.0 Å². The van der Waals surface area contributed by atoms with E-state index in [1.807, 2.05) is 19.1 Å². The molecule has 3 aliphatic rings. The SMILES string of the molecule is Cc1ccc([C@H]2OC3(C(=O)c4ccccc4C3=O)[C@H]3C(=O)N(c4cc(Cl)ccc4Cl)C(=O)[C@H]23)cc1. The monoisotopic (exact) mass is 505 g/mol. The molecule has 2 aliphatic heterocycles. The number of imide groups is 1. The number of anilines is 1. The molecule has 0 aromatic heterocycles. The van der Waals surface area contributed by atoms with Crippen LogP contribution in [0, 0.1) is 18.8 Å². The standard InChI is InChI=1S/C27H17Cl2NO5/c1-13-6-8-14(9-7-13)22-20-21(26(34)30(25(20)33)19-12-15(28)10-11-18(19)29)27(35-22)23(31)16-4-2-3-5-17(16)24(27)32/h2-12,20-22H,1H3/t20-,21+,22+/m0/s1. The van der Waals surface area contributed by atoms with Gasteiger partial charge in [-0.25, -0.2) is 4.90 Å². The molecule has 0 bridgehead atoms. The first-order chi connectivity index (χ1) is 16.8. The van der Waals surface area contributed by atoms with E-state index in [0.29, 0.717) is 5.56 Å². The number of ether oxygens (including phenoxy) is 1. The Hall–Kier alpha value is -3.32. The summed E-state index contributed by atoms with van der Waals surface area (Å²) in [5, 5.41) is 0.425. The molecule has 2 saturated heterocycles. The Morgan fingerprint density at radius 3 is 2.09 bits per heavy atom. The fraction of sp³-hybridized carbons (Fsp3) is 0.185. The Kier molecular flexibility index (Phi) is 4.81. The van der Waals surface area contributed by atoms with E-state index in [1.165, 1.54) is 24.3 Å². The van der Waals surface area contributed by atoms with E-state index < -0.39 is 46.9 Å². The van der Waals surface area contributed by atoms with Crippen LogP contribution >= 0.6 is 23.2 Å². The van der Waals surface area contributed by atoms with E-state index in [4.69, 9.17) is 27.9 Å². The molecule has 174 valence electrons. The van der Waals surface area contributed by atoms with Crippen molar-refractivity contribution < 1.29 is 23.9 Å². The number of benzene rings is 3. The molecule has 2 fully saturated rings. The predicted molar refractivity (Wildman–Crippen MR) is 129 cm³/mol. The number of ketones is 2. The number of rotatable bonds is 2. The van der Waals surface area contributed by atoms with E-state index in [1.54, 1.807) is 30.3 Å². The Labute approximate surface area is 210 Å². The number of Topliss-reactive ketones (excluding diaryl/α,β-unsaturated/α-hetero) is 2. The lowest BCUT2D eigenvalue weighted by molar-refractivity contribution is -0.127.